The van der Waals surface area contributed by atoms with E-state index in [-0.39, 0.29) is 31.1 Å². The van der Waals surface area contributed by atoms with Gasteiger partial charge in [-0.15, -0.1) is 0 Å². The van der Waals surface area contributed by atoms with Crippen molar-refractivity contribution in [1.29, 1.82) is 0 Å². The molecule has 0 bridgehead atoms. The molecule has 0 fully saturated rings. The van der Waals surface area contributed by atoms with Crippen molar-refractivity contribution in [2.75, 3.05) is 13.2 Å². The van der Waals surface area contributed by atoms with Crippen LogP contribution in [0.25, 0.3) is 0 Å². The van der Waals surface area contributed by atoms with Crippen LogP contribution in [-0.4, -0.2) is 37.2 Å². The molecule has 0 saturated carbocycles. The predicted molar refractivity (Wildman–Crippen MR) is 330 cm³/mol. The van der Waals surface area contributed by atoms with Crippen LogP contribution >= 0.6 is 0 Å². The van der Waals surface area contributed by atoms with Gasteiger partial charge in [-0.25, -0.2) is 0 Å². The van der Waals surface area contributed by atoms with E-state index in [1.165, 1.54) is 173 Å². The first-order chi connectivity index (χ1) is 37.5. The normalized spacial score (nSPS) is 12.6. The minimum Gasteiger partial charge on any atom is -0.462 e. The van der Waals surface area contributed by atoms with Gasteiger partial charge in [-0.05, 0) is 109 Å². The highest BCUT2D eigenvalue weighted by Crippen LogP contribution is 2.17. The maximum absolute atomic E-state index is 12.9. The van der Waals surface area contributed by atoms with Gasteiger partial charge in [-0.2, -0.15) is 0 Å². The second-order valence-corrected chi connectivity index (χ2v) is 21.6. The summed E-state index contributed by atoms with van der Waals surface area (Å²) in [6.45, 7) is 6.47. The van der Waals surface area contributed by atoms with Crippen LogP contribution in [0, 0.1) is 0 Å². The van der Waals surface area contributed by atoms with Crippen LogP contribution in [0.15, 0.2) is 85.1 Å². The largest absolute Gasteiger partial charge is 0.462 e. The van der Waals surface area contributed by atoms with Crippen LogP contribution in [0.3, 0.4) is 0 Å². The molecule has 76 heavy (non-hydrogen) atoms. The molecule has 6 nitrogen and oxygen atoms in total. The average Bonchev–Trinajstić information content (AvgIpc) is 3.42. The maximum Gasteiger partial charge on any atom is 0.306 e. The summed E-state index contributed by atoms with van der Waals surface area (Å²) >= 11 is 0. The van der Waals surface area contributed by atoms with Gasteiger partial charge >= 0.3 is 17.9 Å². The van der Waals surface area contributed by atoms with Crippen molar-refractivity contribution in [3.8, 4) is 0 Å². The molecule has 0 heterocycles. The van der Waals surface area contributed by atoms with Crippen LogP contribution in [-0.2, 0) is 28.6 Å². The molecule has 0 spiro atoms. The minimum absolute atomic E-state index is 0.0814. The number of ether oxygens (including phenoxy) is 3. The molecule has 0 aromatic rings. The van der Waals surface area contributed by atoms with E-state index in [9.17, 15) is 14.4 Å². The molecule has 0 aliphatic heterocycles. The highest BCUT2D eigenvalue weighted by atomic mass is 16.6. The highest BCUT2D eigenvalue weighted by Gasteiger charge is 2.19. The summed E-state index contributed by atoms with van der Waals surface area (Å²) < 4.78 is 16.9. The van der Waals surface area contributed by atoms with E-state index in [1.54, 1.807) is 0 Å². The third-order valence-corrected chi connectivity index (χ3v) is 14.1. The van der Waals surface area contributed by atoms with E-state index in [4.69, 9.17) is 14.2 Å². The molecule has 1 atom stereocenters. The minimum atomic E-state index is -0.784. The number of allylic oxidation sites excluding steroid dienone is 14. The fraction of sp³-hybridized carbons (Fsp3) is 0.757. The molecule has 6 heteroatoms. The van der Waals surface area contributed by atoms with Crippen LogP contribution in [0.5, 0.6) is 0 Å². The summed E-state index contributed by atoms with van der Waals surface area (Å²) in [4.78, 5) is 38.2. The first-order valence-corrected chi connectivity index (χ1v) is 32.6. The molecule has 0 aromatic carbocycles. The first-order valence-electron chi connectivity index (χ1n) is 32.6. The standard InChI is InChI=1S/C70H122O6/c1-4-7-10-13-16-19-22-24-26-28-29-30-31-32-33-34-35-36-37-38-39-40-41-43-44-46-48-51-54-57-60-63-69(72)75-66-67(65-74-68(71)62-59-56-53-50-21-18-15-12-9-6-3)76-70(73)64-61-58-55-52-49-47-45-42-27-25-23-20-17-14-11-8-5-2/h8,11-12,15,17,20,22,24-25,27-29,31-32,67H,4-7,9-10,13-14,16,18-19,21,23,26,30,33-66H2,1-3H3/b11-8-,15-12-,20-17-,24-22-,27-25-,29-28-,32-31-. The number of hydrogen-bond acceptors (Lipinski definition) is 6. The highest BCUT2D eigenvalue weighted by molar-refractivity contribution is 5.71. The van der Waals surface area contributed by atoms with Crippen LogP contribution < -0.4 is 0 Å². The zero-order chi connectivity index (χ0) is 55.0. The summed E-state index contributed by atoms with van der Waals surface area (Å²) in [5.74, 6) is -0.892. The van der Waals surface area contributed by atoms with E-state index < -0.39 is 6.10 Å². The summed E-state index contributed by atoms with van der Waals surface area (Å²) in [5, 5.41) is 0. The number of carbonyl (C=O) groups is 3. The summed E-state index contributed by atoms with van der Waals surface area (Å²) in [6.07, 6.45) is 84.7. The van der Waals surface area contributed by atoms with Gasteiger partial charge in [-0.3, -0.25) is 14.4 Å². The first kappa shape index (κ1) is 72.6. The third kappa shape index (κ3) is 61.4. The average molecular weight is 1060 g/mol. The van der Waals surface area contributed by atoms with E-state index in [2.05, 4.69) is 106 Å². The SMILES string of the molecule is CC/C=C\C/C=C\C/C=C\CCCCCCCCCC(=O)OC(COC(=O)CCCCCCC/C=C\CCC)COC(=O)CCCCCCCCCCCCCCCCCC/C=C\C/C=C\C/C=C\CCCCCCC. The predicted octanol–water partition coefficient (Wildman–Crippen LogP) is 22.3. The molecule has 438 valence electrons. The number of rotatable bonds is 59. The fourth-order valence-electron chi connectivity index (χ4n) is 9.23. The summed E-state index contributed by atoms with van der Waals surface area (Å²) in [5.41, 5.74) is 0. The Bertz CT molecular complexity index is 1450. The van der Waals surface area contributed by atoms with E-state index in [0.29, 0.717) is 19.3 Å². The van der Waals surface area contributed by atoms with Crippen molar-refractivity contribution in [2.24, 2.45) is 0 Å². The van der Waals surface area contributed by atoms with Crippen molar-refractivity contribution in [2.45, 2.75) is 329 Å². The van der Waals surface area contributed by atoms with Crippen LogP contribution in [0.2, 0.25) is 0 Å². The maximum atomic E-state index is 12.9. The van der Waals surface area contributed by atoms with Gasteiger partial charge in [0.1, 0.15) is 13.2 Å². The molecule has 1 unspecified atom stereocenters. The number of hydrogen-bond donors (Lipinski definition) is 0. The Labute approximate surface area is 471 Å². The van der Waals surface area contributed by atoms with Gasteiger partial charge in [0, 0.05) is 19.3 Å². The van der Waals surface area contributed by atoms with Gasteiger partial charge in [0.25, 0.3) is 0 Å². The zero-order valence-corrected chi connectivity index (χ0v) is 50.3. The molecule has 0 radical (unpaired) electrons. The number of carbonyl (C=O) groups excluding carboxylic acids is 3. The topological polar surface area (TPSA) is 78.9 Å². The fourth-order valence-corrected chi connectivity index (χ4v) is 9.23. The van der Waals surface area contributed by atoms with Gasteiger partial charge in [0.15, 0.2) is 6.10 Å². The van der Waals surface area contributed by atoms with Crippen molar-refractivity contribution in [3.05, 3.63) is 85.1 Å². The van der Waals surface area contributed by atoms with Crippen LogP contribution in [0.1, 0.15) is 323 Å². The molecule has 0 N–H and O–H groups in total. The van der Waals surface area contributed by atoms with Gasteiger partial charge in [0.05, 0.1) is 0 Å². The van der Waals surface area contributed by atoms with Gasteiger partial charge < -0.3 is 14.2 Å². The van der Waals surface area contributed by atoms with Crippen molar-refractivity contribution >= 4 is 17.9 Å². The van der Waals surface area contributed by atoms with E-state index in [0.717, 1.165) is 109 Å². The second kappa shape index (κ2) is 64.1. The third-order valence-electron chi connectivity index (χ3n) is 14.1. The zero-order valence-electron chi connectivity index (χ0n) is 50.3. The monoisotopic (exact) mass is 1060 g/mol. The molecule has 0 rings (SSSR count). The molecular weight excluding hydrogens is 937 g/mol. The Hall–Kier alpha value is -3.41. The number of esters is 3. The van der Waals surface area contributed by atoms with Crippen molar-refractivity contribution < 1.29 is 28.6 Å². The quantitative estimate of drug-likeness (QED) is 0.0261. The Morgan fingerprint density at radius 3 is 0.868 bits per heavy atom. The lowest BCUT2D eigenvalue weighted by Crippen LogP contribution is -2.30. The van der Waals surface area contributed by atoms with Crippen molar-refractivity contribution in [3.63, 3.8) is 0 Å². The van der Waals surface area contributed by atoms with Gasteiger partial charge in [-0.1, -0.05) is 279 Å². The Morgan fingerprint density at radius 1 is 0.276 bits per heavy atom. The Morgan fingerprint density at radius 2 is 0.539 bits per heavy atom. The van der Waals surface area contributed by atoms with E-state index in [1.807, 2.05) is 0 Å². The summed E-state index contributed by atoms with van der Waals surface area (Å²) in [6, 6.07) is 0. The van der Waals surface area contributed by atoms with Gasteiger partial charge in [0.2, 0.25) is 0 Å². The molecule has 0 saturated heterocycles. The Kier molecular flexibility index (Phi) is 61.2. The lowest BCUT2D eigenvalue weighted by Gasteiger charge is -2.18. The van der Waals surface area contributed by atoms with Crippen LogP contribution in [0.4, 0.5) is 0 Å². The molecule has 0 aromatic heterocycles. The molecule has 0 aliphatic rings. The lowest BCUT2D eigenvalue weighted by atomic mass is 10.0. The Balaban J connectivity index is 4.14. The molecule has 0 aliphatic carbocycles. The summed E-state index contributed by atoms with van der Waals surface area (Å²) in [7, 11) is 0. The molecule has 0 amide bonds. The number of unbranched alkanes of at least 4 members (excludes halogenated alkanes) is 34. The lowest BCUT2D eigenvalue weighted by molar-refractivity contribution is -0.167. The van der Waals surface area contributed by atoms with E-state index >= 15 is 0 Å². The van der Waals surface area contributed by atoms with Crippen molar-refractivity contribution in [1.82, 2.24) is 0 Å². The smallest absolute Gasteiger partial charge is 0.306 e. The molecular formula is C70H122O6. The second-order valence-electron chi connectivity index (χ2n) is 21.6.